The first-order chi connectivity index (χ1) is 9.04. The first kappa shape index (κ1) is 13.9. The standard InChI is InChI=1S/C12H15N3O3S/c1-10-9-15(5-2-6-18-10)19(16,17)12-4-3-11(7-13)14-8-12/h3-4,8,10H,2,5-6,9H2,1H3. The van der Waals surface area contributed by atoms with Gasteiger partial charge in [0.05, 0.1) is 6.10 Å². The van der Waals surface area contributed by atoms with Crippen LogP contribution in [0.25, 0.3) is 0 Å². The Balaban J connectivity index is 2.27. The van der Waals surface area contributed by atoms with E-state index in [0.717, 1.165) is 0 Å². The van der Waals surface area contributed by atoms with Gasteiger partial charge in [-0.15, -0.1) is 0 Å². The third-order valence-corrected chi connectivity index (χ3v) is 4.75. The van der Waals surface area contributed by atoms with Crippen LogP contribution in [0.15, 0.2) is 23.2 Å². The molecule has 0 aromatic carbocycles. The van der Waals surface area contributed by atoms with Crippen LogP contribution in [0.1, 0.15) is 19.0 Å². The highest BCUT2D eigenvalue weighted by molar-refractivity contribution is 7.89. The maximum atomic E-state index is 12.4. The predicted molar refractivity (Wildman–Crippen MR) is 67.7 cm³/mol. The van der Waals surface area contributed by atoms with Gasteiger partial charge in [0.1, 0.15) is 16.7 Å². The van der Waals surface area contributed by atoms with Gasteiger partial charge in [0.2, 0.25) is 10.0 Å². The van der Waals surface area contributed by atoms with E-state index in [-0.39, 0.29) is 16.7 Å². The Bertz CT molecular complexity index is 577. The second-order valence-corrected chi connectivity index (χ2v) is 6.33. The third-order valence-electron chi connectivity index (χ3n) is 2.90. The van der Waals surface area contributed by atoms with E-state index in [1.165, 1.54) is 22.6 Å². The summed E-state index contributed by atoms with van der Waals surface area (Å²) >= 11 is 0. The normalized spacial score (nSPS) is 21.6. The lowest BCUT2D eigenvalue weighted by Gasteiger charge is -2.21. The molecule has 6 nitrogen and oxygen atoms in total. The zero-order valence-electron chi connectivity index (χ0n) is 10.6. The van der Waals surface area contributed by atoms with Crippen LogP contribution in [-0.4, -0.2) is 43.5 Å². The van der Waals surface area contributed by atoms with Gasteiger partial charge in [-0.3, -0.25) is 0 Å². The van der Waals surface area contributed by atoms with Crippen molar-refractivity contribution >= 4 is 10.0 Å². The first-order valence-corrected chi connectivity index (χ1v) is 7.46. The van der Waals surface area contributed by atoms with Gasteiger partial charge in [0.25, 0.3) is 0 Å². The number of aromatic nitrogens is 1. The number of ether oxygens (including phenoxy) is 1. The molecule has 1 aromatic rings. The molecule has 0 N–H and O–H groups in total. The van der Waals surface area contributed by atoms with Gasteiger partial charge in [-0.2, -0.15) is 9.57 Å². The van der Waals surface area contributed by atoms with Crippen LogP contribution in [0.3, 0.4) is 0 Å². The largest absolute Gasteiger partial charge is 0.377 e. The SMILES string of the molecule is CC1CN(S(=O)(=O)c2ccc(C#N)nc2)CCCO1. The molecule has 1 unspecified atom stereocenters. The summed E-state index contributed by atoms with van der Waals surface area (Å²) in [4.78, 5) is 3.91. The van der Waals surface area contributed by atoms with E-state index >= 15 is 0 Å². The number of hydrogen-bond acceptors (Lipinski definition) is 5. The summed E-state index contributed by atoms with van der Waals surface area (Å²) in [5.74, 6) is 0. The number of rotatable bonds is 2. The van der Waals surface area contributed by atoms with Crippen molar-refractivity contribution in [3.05, 3.63) is 24.0 Å². The van der Waals surface area contributed by atoms with E-state index in [9.17, 15) is 8.42 Å². The van der Waals surface area contributed by atoms with E-state index in [1.807, 2.05) is 13.0 Å². The van der Waals surface area contributed by atoms with E-state index in [2.05, 4.69) is 4.98 Å². The van der Waals surface area contributed by atoms with Crippen LogP contribution in [0.4, 0.5) is 0 Å². The average molecular weight is 281 g/mol. The fourth-order valence-corrected chi connectivity index (χ4v) is 3.42. The van der Waals surface area contributed by atoms with Crippen LogP contribution in [0.5, 0.6) is 0 Å². The molecule has 0 amide bonds. The molecular formula is C12H15N3O3S. The quantitative estimate of drug-likeness (QED) is 0.799. The maximum Gasteiger partial charge on any atom is 0.244 e. The monoisotopic (exact) mass is 281 g/mol. The first-order valence-electron chi connectivity index (χ1n) is 6.02. The van der Waals surface area contributed by atoms with Crippen LogP contribution in [0.2, 0.25) is 0 Å². The summed E-state index contributed by atoms with van der Waals surface area (Å²) in [5.41, 5.74) is 0.200. The Labute approximate surface area is 112 Å². The molecule has 102 valence electrons. The molecule has 1 aliphatic heterocycles. The van der Waals surface area contributed by atoms with Crippen molar-refractivity contribution in [1.29, 1.82) is 5.26 Å². The topological polar surface area (TPSA) is 83.3 Å². The summed E-state index contributed by atoms with van der Waals surface area (Å²) in [5, 5.41) is 8.66. The van der Waals surface area contributed by atoms with Crippen LogP contribution in [0, 0.1) is 11.3 Å². The zero-order valence-corrected chi connectivity index (χ0v) is 11.4. The molecule has 0 bridgehead atoms. The highest BCUT2D eigenvalue weighted by Crippen LogP contribution is 2.18. The molecule has 1 aromatic heterocycles. The van der Waals surface area contributed by atoms with Crippen LogP contribution in [-0.2, 0) is 14.8 Å². The molecule has 2 heterocycles. The lowest BCUT2D eigenvalue weighted by molar-refractivity contribution is 0.0752. The molecule has 0 saturated carbocycles. The van der Waals surface area contributed by atoms with E-state index in [0.29, 0.717) is 26.1 Å². The Morgan fingerprint density at radius 3 is 2.95 bits per heavy atom. The molecule has 7 heteroatoms. The molecule has 19 heavy (non-hydrogen) atoms. The maximum absolute atomic E-state index is 12.4. The van der Waals surface area contributed by atoms with Crippen molar-refractivity contribution in [2.24, 2.45) is 0 Å². The van der Waals surface area contributed by atoms with Gasteiger partial charge in [0, 0.05) is 25.9 Å². The van der Waals surface area contributed by atoms with E-state index < -0.39 is 10.0 Å². The number of hydrogen-bond donors (Lipinski definition) is 0. The molecule has 0 radical (unpaired) electrons. The van der Waals surface area contributed by atoms with E-state index in [4.69, 9.17) is 10.00 Å². The van der Waals surface area contributed by atoms with Gasteiger partial charge in [-0.25, -0.2) is 13.4 Å². The third kappa shape index (κ3) is 3.10. The molecule has 2 rings (SSSR count). The molecule has 1 saturated heterocycles. The summed E-state index contributed by atoms with van der Waals surface area (Å²) < 4.78 is 31.7. The van der Waals surface area contributed by atoms with E-state index in [1.54, 1.807) is 0 Å². The lowest BCUT2D eigenvalue weighted by atomic mass is 10.4. The number of nitriles is 1. The number of nitrogens with zero attached hydrogens (tertiary/aromatic N) is 3. The molecule has 1 atom stereocenters. The summed E-state index contributed by atoms with van der Waals surface area (Å²) in [6.07, 6.45) is 1.78. The van der Waals surface area contributed by atoms with Crippen molar-refractivity contribution in [3.8, 4) is 6.07 Å². The Hall–Kier alpha value is -1.49. The average Bonchev–Trinajstić information content (AvgIpc) is 2.64. The Morgan fingerprint density at radius 2 is 2.32 bits per heavy atom. The second-order valence-electron chi connectivity index (χ2n) is 4.39. The van der Waals surface area contributed by atoms with Gasteiger partial charge in [0.15, 0.2) is 0 Å². The van der Waals surface area contributed by atoms with Crippen molar-refractivity contribution in [1.82, 2.24) is 9.29 Å². The summed E-state index contributed by atoms with van der Waals surface area (Å²) in [7, 11) is -3.56. The highest BCUT2D eigenvalue weighted by Gasteiger charge is 2.28. The minimum Gasteiger partial charge on any atom is -0.377 e. The predicted octanol–water partition coefficient (Wildman–Crippen LogP) is 0.753. The second kappa shape index (κ2) is 5.65. The van der Waals surface area contributed by atoms with Crippen LogP contribution >= 0.6 is 0 Å². The lowest BCUT2D eigenvalue weighted by Crippen LogP contribution is -2.36. The Morgan fingerprint density at radius 1 is 1.53 bits per heavy atom. The molecule has 1 aliphatic rings. The van der Waals surface area contributed by atoms with Gasteiger partial charge in [-0.05, 0) is 25.5 Å². The van der Waals surface area contributed by atoms with Crippen molar-refractivity contribution < 1.29 is 13.2 Å². The summed E-state index contributed by atoms with van der Waals surface area (Å²) in [6, 6.07) is 4.68. The fraction of sp³-hybridized carbons (Fsp3) is 0.500. The smallest absolute Gasteiger partial charge is 0.244 e. The van der Waals surface area contributed by atoms with Crippen LogP contribution < -0.4 is 0 Å². The van der Waals surface area contributed by atoms with Crippen molar-refractivity contribution in [2.75, 3.05) is 19.7 Å². The molecule has 0 spiro atoms. The minimum absolute atomic E-state index is 0.112. The molecular weight excluding hydrogens is 266 g/mol. The number of pyridine rings is 1. The summed E-state index contributed by atoms with van der Waals surface area (Å²) in [6.45, 7) is 3.19. The Kier molecular flexibility index (Phi) is 4.14. The molecule has 1 fully saturated rings. The van der Waals surface area contributed by atoms with Gasteiger partial charge in [-0.1, -0.05) is 0 Å². The van der Waals surface area contributed by atoms with Gasteiger partial charge >= 0.3 is 0 Å². The molecule has 0 aliphatic carbocycles. The number of sulfonamides is 1. The fourth-order valence-electron chi connectivity index (χ4n) is 1.92. The van der Waals surface area contributed by atoms with Crippen molar-refractivity contribution in [2.45, 2.75) is 24.3 Å². The zero-order chi connectivity index (χ0) is 13.9. The van der Waals surface area contributed by atoms with Crippen molar-refractivity contribution in [3.63, 3.8) is 0 Å². The highest BCUT2D eigenvalue weighted by atomic mass is 32.2. The van der Waals surface area contributed by atoms with Gasteiger partial charge < -0.3 is 4.74 Å². The minimum atomic E-state index is -3.56.